The van der Waals surface area contributed by atoms with Gasteiger partial charge < -0.3 is 10.0 Å². The van der Waals surface area contributed by atoms with Crippen LogP contribution in [0.5, 0.6) is 0 Å². The van der Waals surface area contributed by atoms with Crippen LogP contribution in [-0.4, -0.2) is 17.2 Å². The topological polar surface area (TPSA) is 64.2 Å². The van der Waals surface area contributed by atoms with E-state index in [4.69, 9.17) is 15.3 Å². The third-order valence-electron chi connectivity index (χ3n) is 2.73. The summed E-state index contributed by atoms with van der Waals surface area (Å²) in [5.41, 5.74) is 3.31. The summed E-state index contributed by atoms with van der Waals surface area (Å²) in [5, 5.41) is 26.8. The zero-order chi connectivity index (χ0) is 13.0. The summed E-state index contributed by atoms with van der Waals surface area (Å²) in [4.78, 5) is 0. The third-order valence-corrected chi connectivity index (χ3v) is 2.73. The van der Waals surface area contributed by atoms with E-state index in [0.29, 0.717) is 5.56 Å². The SMILES string of the molecule is N#Cc1ccccc1-c1ccc(CB(O)O)cc1. The normalized spacial score (nSPS) is 9.83. The lowest BCUT2D eigenvalue weighted by atomic mass is 9.81. The van der Waals surface area contributed by atoms with Crippen molar-refractivity contribution in [2.45, 2.75) is 6.32 Å². The zero-order valence-electron chi connectivity index (χ0n) is 9.74. The zero-order valence-corrected chi connectivity index (χ0v) is 9.74. The van der Waals surface area contributed by atoms with E-state index < -0.39 is 7.12 Å². The maximum Gasteiger partial charge on any atom is 0.456 e. The monoisotopic (exact) mass is 237 g/mol. The number of rotatable bonds is 3. The lowest BCUT2D eigenvalue weighted by molar-refractivity contribution is 0.405. The van der Waals surface area contributed by atoms with Crippen molar-refractivity contribution in [1.82, 2.24) is 0 Å². The molecule has 0 aliphatic rings. The summed E-state index contributed by atoms with van der Waals surface area (Å²) in [7, 11) is -1.33. The van der Waals surface area contributed by atoms with E-state index in [1.54, 1.807) is 6.07 Å². The predicted molar refractivity (Wildman–Crippen MR) is 70.5 cm³/mol. The Bertz CT molecular complexity index is 573. The molecule has 0 aliphatic heterocycles. The van der Waals surface area contributed by atoms with E-state index >= 15 is 0 Å². The molecule has 2 aromatic carbocycles. The Kier molecular flexibility index (Phi) is 3.78. The minimum absolute atomic E-state index is 0.209. The average Bonchev–Trinajstić information content (AvgIpc) is 2.39. The molecule has 0 heterocycles. The molecule has 0 amide bonds. The molecule has 0 bridgehead atoms. The van der Waals surface area contributed by atoms with Gasteiger partial charge in [0.15, 0.2) is 0 Å². The Morgan fingerprint density at radius 1 is 1.00 bits per heavy atom. The highest BCUT2D eigenvalue weighted by Crippen LogP contribution is 2.23. The minimum Gasteiger partial charge on any atom is -0.427 e. The summed E-state index contributed by atoms with van der Waals surface area (Å²) in [6, 6.07) is 17.0. The Morgan fingerprint density at radius 2 is 1.67 bits per heavy atom. The van der Waals surface area contributed by atoms with Gasteiger partial charge in [-0.3, -0.25) is 0 Å². The van der Waals surface area contributed by atoms with E-state index in [2.05, 4.69) is 6.07 Å². The molecule has 0 saturated carbocycles. The van der Waals surface area contributed by atoms with Crippen molar-refractivity contribution in [2.24, 2.45) is 0 Å². The van der Waals surface area contributed by atoms with Crippen LogP contribution in [0.25, 0.3) is 11.1 Å². The van der Waals surface area contributed by atoms with Crippen molar-refractivity contribution in [3.63, 3.8) is 0 Å². The fraction of sp³-hybridized carbons (Fsp3) is 0.0714. The summed E-state index contributed by atoms with van der Waals surface area (Å²) < 4.78 is 0. The van der Waals surface area contributed by atoms with E-state index in [0.717, 1.165) is 16.7 Å². The van der Waals surface area contributed by atoms with E-state index in [9.17, 15) is 0 Å². The summed E-state index contributed by atoms with van der Waals surface area (Å²) in [6.07, 6.45) is 0.209. The molecule has 0 fully saturated rings. The van der Waals surface area contributed by atoms with Gasteiger partial charge in [-0.15, -0.1) is 0 Å². The molecule has 2 N–H and O–H groups in total. The lowest BCUT2D eigenvalue weighted by Crippen LogP contribution is -2.14. The second-order valence-corrected chi connectivity index (χ2v) is 4.04. The fourth-order valence-electron chi connectivity index (χ4n) is 1.86. The van der Waals surface area contributed by atoms with Gasteiger partial charge in [0.25, 0.3) is 0 Å². The molecule has 88 valence electrons. The Labute approximate surface area is 106 Å². The van der Waals surface area contributed by atoms with Crippen LogP contribution in [-0.2, 0) is 6.32 Å². The van der Waals surface area contributed by atoms with Gasteiger partial charge in [-0.2, -0.15) is 5.26 Å². The van der Waals surface area contributed by atoms with Gasteiger partial charge in [0, 0.05) is 6.32 Å². The Balaban J connectivity index is 2.32. The van der Waals surface area contributed by atoms with Gasteiger partial charge in [-0.25, -0.2) is 0 Å². The van der Waals surface area contributed by atoms with E-state index in [1.165, 1.54) is 0 Å². The number of nitriles is 1. The highest BCUT2D eigenvalue weighted by atomic mass is 16.4. The van der Waals surface area contributed by atoms with Gasteiger partial charge in [0.1, 0.15) is 0 Å². The standard InChI is InChI=1S/C14H12BNO2/c16-10-13-3-1-2-4-14(13)12-7-5-11(6-8-12)9-15(17)18/h1-8,17-18H,9H2. The second kappa shape index (κ2) is 5.50. The van der Waals surface area contributed by atoms with Crippen molar-refractivity contribution >= 4 is 7.12 Å². The molecule has 18 heavy (non-hydrogen) atoms. The van der Waals surface area contributed by atoms with Crippen LogP contribution in [0.3, 0.4) is 0 Å². The van der Waals surface area contributed by atoms with E-state index in [-0.39, 0.29) is 6.32 Å². The molecule has 2 rings (SSSR count). The molecular formula is C14H12BNO2. The highest BCUT2D eigenvalue weighted by molar-refractivity contribution is 6.40. The lowest BCUT2D eigenvalue weighted by Gasteiger charge is -2.05. The fourth-order valence-corrected chi connectivity index (χ4v) is 1.86. The van der Waals surface area contributed by atoms with Crippen molar-refractivity contribution < 1.29 is 10.0 Å². The Hall–Kier alpha value is -2.09. The molecule has 0 saturated heterocycles. The summed E-state index contributed by atoms with van der Waals surface area (Å²) >= 11 is 0. The Morgan fingerprint density at radius 3 is 2.28 bits per heavy atom. The van der Waals surface area contributed by atoms with Crippen LogP contribution in [0.2, 0.25) is 0 Å². The minimum atomic E-state index is -1.33. The van der Waals surface area contributed by atoms with Crippen LogP contribution < -0.4 is 0 Å². The maximum atomic E-state index is 9.04. The smallest absolute Gasteiger partial charge is 0.427 e. The first-order chi connectivity index (χ1) is 8.70. The van der Waals surface area contributed by atoms with Crippen molar-refractivity contribution in [2.75, 3.05) is 0 Å². The van der Waals surface area contributed by atoms with E-state index in [1.807, 2.05) is 42.5 Å². The molecule has 4 heteroatoms. The van der Waals surface area contributed by atoms with Crippen LogP contribution in [0.1, 0.15) is 11.1 Å². The van der Waals surface area contributed by atoms with Gasteiger partial charge in [-0.1, -0.05) is 42.5 Å². The molecule has 3 nitrogen and oxygen atoms in total. The van der Waals surface area contributed by atoms with Crippen molar-refractivity contribution in [1.29, 1.82) is 5.26 Å². The average molecular weight is 237 g/mol. The quantitative estimate of drug-likeness (QED) is 0.799. The number of hydrogen-bond donors (Lipinski definition) is 2. The van der Waals surface area contributed by atoms with Crippen LogP contribution in [0.4, 0.5) is 0 Å². The molecule has 2 aromatic rings. The summed E-state index contributed by atoms with van der Waals surface area (Å²) in [5.74, 6) is 0. The molecule has 0 aliphatic carbocycles. The molecular weight excluding hydrogens is 225 g/mol. The first kappa shape index (κ1) is 12.4. The van der Waals surface area contributed by atoms with Crippen molar-refractivity contribution in [3.05, 3.63) is 59.7 Å². The molecule has 0 unspecified atom stereocenters. The second-order valence-electron chi connectivity index (χ2n) is 4.04. The van der Waals surface area contributed by atoms with Crippen molar-refractivity contribution in [3.8, 4) is 17.2 Å². The first-order valence-corrected chi connectivity index (χ1v) is 5.65. The molecule has 0 atom stereocenters. The summed E-state index contributed by atoms with van der Waals surface area (Å²) in [6.45, 7) is 0. The highest BCUT2D eigenvalue weighted by Gasteiger charge is 2.08. The van der Waals surface area contributed by atoms with Gasteiger partial charge >= 0.3 is 7.12 Å². The number of nitrogens with zero attached hydrogens (tertiary/aromatic N) is 1. The maximum absolute atomic E-state index is 9.04. The first-order valence-electron chi connectivity index (χ1n) is 5.65. The largest absolute Gasteiger partial charge is 0.456 e. The van der Waals surface area contributed by atoms with Crippen LogP contribution >= 0.6 is 0 Å². The van der Waals surface area contributed by atoms with Crippen LogP contribution in [0.15, 0.2) is 48.5 Å². The number of hydrogen-bond acceptors (Lipinski definition) is 3. The van der Waals surface area contributed by atoms with Gasteiger partial charge in [0.2, 0.25) is 0 Å². The van der Waals surface area contributed by atoms with Crippen LogP contribution in [0, 0.1) is 11.3 Å². The van der Waals surface area contributed by atoms with Gasteiger partial charge in [-0.05, 0) is 22.8 Å². The molecule has 0 aromatic heterocycles. The predicted octanol–water partition coefficient (Wildman–Crippen LogP) is 1.78. The molecule has 0 spiro atoms. The third kappa shape index (κ3) is 2.78. The van der Waals surface area contributed by atoms with Gasteiger partial charge in [0.05, 0.1) is 11.6 Å². The molecule has 0 radical (unpaired) electrons. The number of benzene rings is 2.